The van der Waals surface area contributed by atoms with Crippen LogP contribution in [0.4, 0.5) is 4.79 Å². The summed E-state index contributed by atoms with van der Waals surface area (Å²) in [5.74, 6) is -0.639. The van der Waals surface area contributed by atoms with Crippen molar-refractivity contribution < 1.29 is 19.1 Å². The number of hydrogen-bond acceptors (Lipinski definition) is 5. The predicted molar refractivity (Wildman–Crippen MR) is 119 cm³/mol. The van der Waals surface area contributed by atoms with Gasteiger partial charge < -0.3 is 9.30 Å². The largest absolute Gasteiger partial charge is 0.467 e. The Morgan fingerprint density at radius 2 is 1.73 bits per heavy atom. The van der Waals surface area contributed by atoms with E-state index in [1.165, 1.54) is 19.6 Å². The lowest BCUT2D eigenvalue weighted by atomic mass is 10.0. The number of carbonyl (C=O) groups excluding carboxylic acids is 3. The van der Waals surface area contributed by atoms with Crippen LogP contribution in [0.15, 0.2) is 35.2 Å². The van der Waals surface area contributed by atoms with Gasteiger partial charge in [0.05, 0.1) is 12.0 Å². The van der Waals surface area contributed by atoms with E-state index in [9.17, 15) is 14.4 Å². The van der Waals surface area contributed by atoms with E-state index in [1.54, 1.807) is 6.08 Å². The van der Waals surface area contributed by atoms with Crippen molar-refractivity contribution in [2.24, 2.45) is 0 Å². The number of thioether (sulfide) groups is 1. The minimum absolute atomic E-state index is 0.297. The summed E-state index contributed by atoms with van der Waals surface area (Å²) in [6.45, 7) is 9.79. The van der Waals surface area contributed by atoms with E-state index in [4.69, 9.17) is 0 Å². The fourth-order valence-corrected chi connectivity index (χ4v) is 4.47. The maximum atomic E-state index is 12.8. The molecule has 0 bridgehead atoms. The van der Waals surface area contributed by atoms with E-state index >= 15 is 0 Å². The van der Waals surface area contributed by atoms with Crippen molar-refractivity contribution in [3.63, 3.8) is 0 Å². The van der Waals surface area contributed by atoms with E-state index in [1.807, 2.05) is 19.9 Å². The van der Waals surface area contributed by atoms with Crippen molar-refractivity contribution in [3.8, 4) is 5.69 Å². The zero-order valence-electron chi connectivity index (χ0n) is 18.1. The molecule has 0 unspecified atom stereocenters. The number of esters is 1. The van der Waals surface area contributed by atoms with Gasteiger partial charge in [-0.25, -0.2) is 4.79 Å². The topological polar surface area (TPSA) is 68.6 Å². The Balaban J connectivity index is 1.94. The Kier molecular flexibility index (Phi) is 6.22. The summed E-state index contributed by atoms with van der Waals surface area (Å²) in [5, 5.41) is -0.470. The first-order valence-electron chi connectivity index (χ1n) is 9.79. The number of rotatable bonds is 5. The molecule has 1 fully saturated rings. The highest BCUT2D eigenvalue weighted by atomic mass is 32.2. The molecule has 7 heteroatoms. The number of ether oxygens (including phenoxy) is 1. The summed E-state index contributed by atoms with van der Waals surface area (Å²) in [6.07, 6.45) is 1.72. The third-order valence-corrected chi connectivity index (χ3v) is 6.21. The molecule has 2 heterocycles. The lowest BCUT2D eigenvalue weighted by Gasteiger charge is -2.18. The average Bonchev–Trinajstić information content (AvgIpc) is 3.15. The summed E-state index contributed by atoms with van der Waals surface area (Å²) >= 11 is 0.839. The Bertz CT molecular complexity index is 1030. The molecule has 1 aromatic heterocycles. The van der Waals surface area contributed by atoms with Gasteiger partial charge in [-0.2, -0.15) is 0 Å². The number of aromatic nitrogens is 1. The van der Waals surface area contributed by atoms with Crippen LogP contribution in [-0.2, 0) is 14.3 Å². The lowest BCUT2D eigenvalue weighted by molar-refractivity contribution is -0.148. The second-order valence-electron chi connectivity index (χ2n) is 7.66. The fourth-order valence-electron chi connectivity index (χ4n) is 3.57. The van der Waals surface area contributed by atoms with Crippen LogP contribution in [0.2, 0.25) is 0 Å². The number of imide groups is 1. The maximum absolute atomic E-state index is 12.8. The molecule has 0 radical (unpaired) electrons. The van der Waals surface area contributed by atoms with Crippen molar-refractivity contribution in [1.82, 2.24) is 9.47 Å². The van der Waals surface area contributed by atoms with Crippen LogP contribution in [0.5, 0.6) is 0 Å². The van der Waals surface area contributed by atoms with E-state index in [-0.39, 0.29) is 0 Å². The molecule has 0 aliphatic carbocycles. The van der Waals surface area contributed by atoms with Crippen LogP contribution in [0, 0.1) is 13.8 Å². The monoisotopic (exact) mass is 426 g/mol. The van der Waals surface area contributed by atoms with Gasteiger partial charge >= 0.3 is 5.97 Å². The SMILES string of the molecule is COC(=O)[C@H](C)N1C(=O)S/C(=C/c2cc(C)n(-c3ccc(C(C)C)cc3)c2C)C1=O. The second-order valence-corrected chi connectivity index (χ2v) is 8.65. The van der Waals surface area contributed by atoms with Crippen LogP contribution in [0.25, 0.3) is 11.8 Å². The van der Waals surface area contributed by atoms with Gasteiger partial charge in [-0.3, -0.25) is 14.5 Å². The summed E-state index contributed by atoms with van der Waals surface area (Å²) in [4.78, 5) is 38.1. The Morgan fingerprint density at radius 1 is 1.10 bits per heavy atom. The number of hydrogen-bond donors (Lipinski definition) is 0. The molecule has 1 aliphatic heterocycles. The summed E-state index contributed by atoms with van der Waals surface area (Å²) in [6, 6.07) is 9.45. The van der Waals surface area contributed by atoms with Gasteiger partial charge in [0.15, 0.2) is 0 Å². The molecule has 6 nitrogen and oxygen atoms in total. The standard InChI is InChI=1S/C23H26N2O4S/c1-13(2)17-7-9-19(10-8-17)24-14(3)11-18(15(24)4)12-20-21(26)25(23(28)30-20)16(5)22(27)29-6/h7-13,16H,1-6H3/b20-12+/t16-/m0/s1. The molecule has 1 aromatic carbocycles. The van der Waals surface area contributed by atoms with Gasteiger partial charge in [0.25, 0.3) is 11.1 Å². The number of amides is 2. The van der Waals surface area contributed by atoms with Crippen molar-refractivity contribution in [3.05, 3.63) is 57.8 Å². The number of benzene rings is 1. The zero-order chi connectivity index (χ0) is 22.2. The van der Waals surface area contributed by atoms with E-state index in [2.05, 4.69) is 47.4 Å². The molecule has 1 atom stereocenters. The molecule has 2 amide bonds. The first kappa shape index (κ1) is 21.9. The molecule has 0 N–H and O–H groups in total. The van der Waals surface area contributed by atoms with Gasteiger partial charge in [-0.1, -0.05) is 26.0 Å². The number of carbonyl (C=O) groups is 3. The van der Waals surface area contributed by atoms with Crippen molar-refractivity contribution in [2.45, 2.75) is 46.6 Å². The molecule has 1 saturated heterocycles. The smallest absolute Gasteiger partial charge is 0.328 e. The number of methoxy groups -OCH3 is 1. The highest BCUT2D eigenvalue weighted by Gasteiger charge is 2.41. The van der Waals surface area contributed by atoms with Crippen LogP contribution in [-0.4, -0.2) is 39.7 Å². The molecule has 2 aromatic rings. The van der Waals surface area contributed by atoms with Crippen LogP contribution >= 0.6 is 11.8 Å². The van der Waals surface area contributed by atoms with Gasteiger partial charge in [0.1, 0.15) is 6.04 Å². The Morgan fingerprint density at radius 3 is 2.30 bits per heavy atom. The van der Waals surface area contributed by atoms with Gasteiger partial charge in [-0.15, -0.1) is 0 Å². The molecule has 30 heavy (non-hydrogen) atoms. The Labute approximate surface area is 180 Å². The van der Waals surface area contributed by atoms with Gasteiger partial charge in [0, 0.05) is 17.1 Å². The second kappa shape index (κ2) is 8.52. The van der Waals surface area contributed by atoms with Crippen LogP contribution in [0.1, 0.15) is 49.2 Å². The highest BCUT2D eigenvalue weighted by molar-refractivity contribution is 8.18. The average molecular weight is 427 g/mol. The van der Waals surface area contributed by atoms with Gasteiger partial charge in [-0.05, 0) is 73.9 Å². The molecule has 0 spiro atoms. The highest BCUT2D eigenvalue weighted by Crippen LogP contribution is 2.35. The third-order valence-electron chi connectivity index (χ3n) is 5.33. The van der Waals surface area contributed by atoms with E-state index in [0.29, 0.717) is 10.8 Å². The number of aryl methyl sites for hydroxylation is 1. The quantitative estimate of drug-likeness (QED) is 0.507. The van der Waals surface area contributed by atoms with E-state index < -0.39 is 23.2 Å². The van der Waals surface area contributed by atoms with Crippen molar-refractivity contribution >= 4 is 35.0 Å². The Hall–Kier alpha value is -2.80. The first-order chi connectivity index (χ1) is 14.1. The van der Waals surface area contributed by atoms with Gasteiger partial charge in [0.2, 0.25) is 0 Å². The van der Waals surface area contributed by atoms with Crippen molar-refractivity contribution in [2.75, 3.05) is 7.11 Å². The third kappa shape index (κ3) is 3.94. The summed E-state index contributed by atoms with van der Waals surface area (Å²) in [7, 11) is 1.23. The minimum Gasteiger partial charge on any atom is -0.467 e. The molecule has 158 valence electrons. The molecule has 3 rings (SSSR count). The van der Waals surface area contributed by atoms with E-state index in [0.717, 1.165) is 39.3 Å². The summed E-state index contributed by atoms with van der Waals surface area (Å²) < 4.78 is 6.79. The molecular weight excluding hydrogens is 400 g/mol. The normalized spacial score (nSPS) is 16.6. The molecule has 0 saturated carbocycles. The predicted octanol–water partition coefficient (Wildman–Crippen LogP) is 4.82. The van der Waals surface area contributed by atoms with Crippen LogP contribution in [0.3, 0.4) is 0 Å². The van der Waals surface area contributed by atoms with Crippen LogP contribution < -0.4 is 0 Å². The molecule has 1 aliphatic rings. The van der Waals surface area contributed by atoms with Crippen molar-refractivity contribution in [1.29, 1.82) is 0 Å². The lowest BCUT2D eigenvalue weighted by Crippen LogP contribution is -2.42. The molecular formula is C23H26N2O4S. The first-order valence-corrected chi connectivity index (χ1v) is 10.6. The minimum atomic E-state index is -0.958. The summed E-state index contributed by atoms with van der Waals surface area (Å²) in [5.41, 5.74) is 5.17. The fraction of sp³-hybridized carbons (Fsp3) is 0.348. The zero-order valence-corrected chi connectivity index (χ0v) is 18.9. The maximum Gasteiger partial charge on any atom is 0.328 e. The number of nitrogens with zero attached hydrogens (tertiary/aromatic N) is 2.